The lowest BCUT2D eigenvalue weighted by Gasteiger charge is -2.03. The summed E-state index contributed by atoms with van der Waals surface area (Å²) >= 11 is 0. The van der Waals surface area contributed by atoms with Gasteiger partial charge >= 0.3 is 5.97 Å². The predicted molar refractivity (Wildman–Crippen MR) is 77.4 cm³/mol. The molecule has 1 unspecified atom stereocenters. The monoisotopic (exact) mass is 283 g/mol. The Morgan fingerprint density at radius 1 is 1.40 bits per heavy atom. The van der Waals surface area contributed by atoms with Crippen molar-refractivity contribution in [3.05, 3.63) is 30.1 Å². The summed E-state index contributed by atoms with van der Waals surface area (Å²) in [5.41, 5.74) is 0.521. The first-order chi connectivity index (χ1) is 9.61. The average Bonchev–Trinajstić information content (AvgIpc) is 2.48. The average molecular weight is 283 g/mol. The molecule has 0 saturated heterocycles. The zero-order valence-corrected chi connectivity index (χ0v) is 12.3. The van der Waals surface area contributed by atoms with Crippen LogP contribution in [-0.2, 0) is 4.74 Å². The van der Waals surface area contributed by atoms with Crippen molar-refractivity contribution in [3.8, 4) is 0 Å². The van der Waals surface area contributed by atoms with E-state index in [2.05, 4.69) is 11.9 Å². The number of esters is 1. The molecular formula is C15H25NO4. The number of ether oxygens (including phenoxy) is 1. The minimum atomic E-state index is -0.560. The minimum Gasteiger partial charge on any atom is -0.462 e. The number of hydrogen-bond donors (Lipinski definition) is 2. The van der Waals surface area contributed by atoms with E-state index in [1.165, 1.54) is 26.0 Å². The quantitative estimate of drug-likeness (QED) is 0.592. The van der Waals surface area contributed by atoms with Crippen LogP contribution in [0.4, 0.5) is 0 Å². The van der Waals surface area contributed by atoms with E-state index < -0.39 is 6.10 Å². The van der Waals surface area contributed by atoms with Crippen molar-refractivity contribution in [1.82, 2.24) is 4.98 Å². The Labute approximate surface area is 120 Å². The number of aliphatic hydroxyl groups is 2. The number of hydrogen-bond acceptors (Lipinski definition) is 5. The molecule has 1 aromatic heterocycles. The second kappa shape index (κ2) is 12.6. The first-order valence-corrected chi connectivity index (χ1v) is 6.97. The number of carbonyl (C=O) groups is 1. The zero-order valence-electron chi connectivity index (χ0n) is 12.3. The maximum atomic E-state index is 11.4. The molecule has 0 aliphatic rings. The predicted octanol–water partition coefficient (Wildman–Crippen LogP) is 2.18. The Hall–Kier alpha value is -1.46. The van der Waals surface area contributed by atoms with Gasteiger partial charge in [-0.2, -0.15) is 0 Å². The summed E-state index contributed by atoms with van der Waals surface area (Å²) in [4.78, 5) is 15.3. The maximum absolute atomic E-state index is 11.4. The van der Waals surface area contributed by atoms with Gasteiger partial charge in [-0.1, -0.05) is 26.2 Å². The minimum absolute atomic E-state index is 0.139. The summed E-state index contributed by atoms with van der Waals surface area (Å²) in [6.07, 6.45) is 7.05. The van der Waals surface area contributed by atoms with E-state index in [-0.39, 0.29) is 12.6 Å². The van der Waals surface area contributed by atoms with Gasteiger partial charge in [0.1, 0.15) is 0 Å². The fourth-order valence-corrected chi connectivity index (χ4v) is 1.26. The van der Waals surface area contributed by atoms with Crippen LogP contribution in [0.5, 0.6) is 0 Å². The molecule has 1 rings (SSSR count). The molecule has 0 amide bonds. The molecule has 0 saturated carbocycles. The van der Waals surface area contributed by atoms with Crippen LogP contribution in [-0.4, -0.2) is 40.5 Å². The summed E-state index contributed by atoms with van der Waals surface area (Å²) < 4.78 is 5.10. The fraction of sp³-hybridized carbons (Fsp3) is 0.600. The first-order valence-electron chi connectivity index (χ1n) is 6.97. The van der Waals surface area contributed by atoms with E-state index in [1.807, 2.05) is 0 Å². The largest absolute Gasteiger partial charge is 0.462 e. The van der Waals surface area contributed by atoms with Gasteiger partial charge < -0.3 is 14.9 Å². The van der Waals surface area contributed by atoms with E-state index in [0.717, 1.165) is 12.8 Å². The first kappa shape index (κ1) is 18.5. The van der Waals surface area contributed by atoms with Crippen LogP contribution in [0.3, 0.4) is 0 Å². The van der Waals surface area contributed by atoms with Gasteiger partial charge in [0.05, 0.1) is 24.9 Å². The molecule has 5 nitrogen and oxygen atoms in total. The molecule has 5 heteroatoms. The molecule has 0 aliphatic carbocycles. The van der Waals surface area contributed by atoms with Crippen LogP contribution in [0.15, 0.2) is 24.5 Å². The number of aliphatic hydroxyl groups excluding tert-OH is 2. The molecule has 1 aromatic rings. The van der Waals surface area contributed by atoms with E-state index in [1.54, 1.807) is 18.3 Å². The summed E-state index contributed by atoms with van der Waals surface area (Å²) in [6.45, 7) is 4.05. The molecule has 1 atom stereocenters. The van der Waals surface area contributed by atoms with Gasteiger partial charge in [-0.05, 0) is 25.5 Å². The number of nitrogens with zero attached hydrogens (tertiary/aromatic N) is 1. The Morgan fingerprint density at radius 3 is 2.60 bits per heavy atom. The van der Waals surface area contributed by atoms with Crippen LogP contribution < -0.4 is 0 Å². The lowest BCUT2D eigenvalue weighted by molar-refractivity contribution is 0.0497. The van der Waals surface area contributed by atoms with Crippen molar-refractivity contribution in [2.75, 3.05) is 13.2 Å². The summed E-state index contributed by atoms with van der Waals surface area (Å²) in [6, 6.07) is 3.44. The molecule has 0 aromatic carbocycles. The van der Waals surface area contributed by atoms with Crippen molar-refractivity contribution in [2.45, 2.75) is 45.6 Å². The molecule has 114 valence electrons. The summed E-state index contributed by atoms with van der Waals surface area (Å²) in [5, 5.41) is 16.0. The summed E-state index contributed by atoms with van der Waals surface area (Å²) in [5.74, 6) is -0.278. The summed E-state index contributed by atoms with van der Waals surface area (Å²) in [7, 11) is 0. The van der Waals surface area contributed by atoms with Gasteiger partial charge in [0.2, 0.25) is 0 Å². The number of rotatable bonds is 7. The second-order valence-corrected chi connectivity index (χ2v) is 4.47. The van der Waals surface area contributed by atoms with Crippen molar-refractivity contribution in [3.63, 3.8) is 0 Å². The lowest BCUT2D eigenvalue weighted by atomic mass is 10.2. The van der Waals surface area contributed by atoms with Crippen LogP contribution >= 0.6 is 0 Å². The molecule has 0 fully saturated rings. The number of carbonyl (C=O) groups excluding carboxylic acids is 1. The van der Waals surface area contributed by atoms with Crippen LogP contribution in [0.2, 0.25) is 0 Å². The number of aromatic nitrogens is 1. The highest BCUT2D eigenvalue weighted by atomic mass is 16.5. The third kappa shape index (κ3) is 10.5. The highest BCUT2D eigenvalue weighted by molar-refractivity contribution is 5.88. The van der Waals surface area contributed by atoms with Crippen LogP contribution in [0.1, 0.15) is 49.9 Å². The van der Waals surface area contributed by atoms with Gasteiger partial charge in [-0.3, -0.25) is 4.98 Å². The normalized spacial score (nSPS) is 11.2. The third-order valence-corrected chi connectivity index (χ3v) is 2.39. The van der Waals surface area contributed by atoms with E-state index in [9.17, 15) is 4.79 Å². The van der Waals surface area contributed by atoms with Crippen LogP contribution in [0, 0.1) is 0 Å². The highest BCUT2D eigenvalue weighted by Gasteiger charge is 2.05. The standard InChI is InChI=1S/C12H17NO2.C3H8O2/c1-2-3-4-5-9-15-12(14)11-7-6-8-13-10-11;1-3(5)2-4/h6-8,10H,2-5,9H2,1H3;3-5H,2H2,1H3. The fourth-order valence-electron chi connectivity index (χ4n) is 1.26. The third-order valence-electron chi connectivity index (χ3n) is 2.39. The Balaban J connectivity index is 0.000000621. The van der Waals surface area contributed by atoms with Crippen molar-refractivity contribution >= 4 is 5.97 Å². The molecular weight excluding hydrogens is 258 g/mol. The molecule has 0 bridgehead atoms. The van der Waals surface area contributed by atoms with E-state index in [4.69, 9.17) is 14.9 Å². The number of unbranched alkanes of at least 4 members (excludes halogenated alkanes) is 3. The van der Waals surface area contributed by atoms with Gasteiger partial charge in [-0.25, -0.2) is 4.79 Å². The molecule has 20 heavy (non-hydrogen) atoms. The lowest BCUT2D eigenvalue weighted by Crippen LogP contribution is -2.06. The molecule has 0 aliphatic heterocycles. The topological polar surface area (TPSA) is 79.6 Å². The SMILES string of the molecule is CC(O)CO.CCCCCCOC(=O)c1cccnc1. The van der Waals surface area contributed by atoms with Gasteiger partial charge in [0, 0.05) is 12.4 Å². The maximum Gasteiger partial charge on any atom is 0.339 e. The second-order valence-electron chi connectivity index (χ2n) is 4.47. The van der Waals surface area contributed by atoms with Gasteiger partial charge in [-0.15, -0.1) is 0 Å². The smallest absolute Gasteiger partial charge is 0.339 e. The Kier molecular flexibility index (Phi) is 11.7. The Morgan fingerprint density at radius 2 is 2.10 bits per heavy atom. The van der Waals surface area contributed by atoms with Crippen LogP contribution in [0.25, 0.3) is 0 Å². The number of pyridine rings is 1. The van der Waals surface area contributed by atoms with Crippen molar-refractivity contribution < 1.29 is 19.7 Å². The van der Waals surface area contributed by atoms with Gasteiger partial charge in [0.15, 0.2) is 0 Å². The van der Waals surface area contributed by atoms with E-state index in [0.29, 0.717) is 12.2 Å². The molecule has 0 spiro atoms. The molecule has 2 N–H and O–H groups in total. The zero-order chi connectivity index (χ0) is 15.2. The van der Waals surface area contributed by atoms with Crippen molar-refractivity contribution in [2.24, 2.45) is 0 Å². The van der Waals surface area contributed by atoms with Gasteiger partial charge in [0.25, 0.3) is 0 Å². The highest BCUT2D eigenvalue weighted by Crippen LogP contribution is 2.02. The molecule has 0 radical (unpaired) electrons. The van der Waals surface area contributed by atoms with Crippen molar-refractivity contribution in [1.29, 1.82) is 0 Å². The van der Waals surface area contributed by atoms with E-state index >= 15 is 0 Å². The molecule has 1 heterocycles. The Bertz CT molecular complexity index is 341.